The van der Waals surface area contributed by atoms with Gasteiger partial charge in [-0.25, -0.2) is 0 Å². The zero-order valence-corrected chi connectivity index (χ0v) is 9.93. The third kappa shape index (κ3) is 1.46. The van der Waals surface area contributed by atoms with Gasteiger partial charge in [-0.1, -0.05) is 11.6 Å². The third-order valence-electron chi connectivity index (χ3n) is 3.40. The molecule has 1 saturated carbocycles. The maximum absolute atomic E-state index is 6.30. The molecule has 1 aromatic carbocycles. The first kappa shape index (κ1) is 10.2. The summed E-state index contributed by atoms with van der Waals surface area (Å²) < 4.78 is 10.7. The molecule has 1 aliphatic heterocycles. The Morgan fingerprint density at radius 2 is 2.00 bits per heavy atom. The summed E-state index contributed by atoms with van der Waals surface area (Å²) in [6.07, 6.45) is 2.38. The predicted molar refractivity (Wildman–Crippen MR) is 62.4 cm³/mol. The van der Waals surface area contributed by atoms with Gasteiger partial charge in [0.1, 0.15) is 0 Å². The number of rotatable bonds is 3. The molecule has 0 unspecified atom stereocenters. The van der Waals surface area contributed by atoms with E-state index in [-0.39, 0.29) is 5.41 Å². The van der Waals surface area contributed by atoms with Crippen molar-refractivity contribution in [2.24, 2.45) is 0 Å². The molecule has 1 heterocycles. The summed E-state index contributed by atoms with van der Waals surface area (Å²) >= 11 is 6.30. The van der Waals surface area contributed by atoms with Crippen molar-refractivity contribution in [2.75, 3.05) is 20.4 Å². The SMILES string of the molecule is CNCC1(c2cc3c(cc2Cl)OCO3)CC1. The Labute approximate surface area is 99.7 Å². The Balaban J connectivity index is 2.01. The zero-order valence-electron chi connectivity index (χ0n) is 9.18. The first-order valence-corrected chi connectivity index (χ1v) is 5.87. The second-order valence-corrected chi connectivity index (χ2v) is 4.90. The fraction of sp³-hybridized carbons (Fsp3) is 0.500. The van der Waals surface area contributed by atoms with Crippen molar-refractivity contribution in [3.8, 4) is 11.5 Å². The van der Waals surface area contributed by atoms with Crippen LogP contribution in [0, 0.1) is 0 Å². The molecule has 3 rings (SSSR count). The smallest absolute Gasteiger partial charge is 0.231 e. The second kappa shape index (κ2) is 3.54. The van der Waals surface area contributed by atoms with Crippen LogP contribution < -0.4 is 14.8 Å². The summed E-state index contributed by atoms with van der Waals surface area (Å²) in [7, 11) is 1.97. The van der Waals surface area contributed by atoms with E-state index in [0.717, 1.165) is 23.1 Å². The largest absolute Gasteiger partial charge is 0.454 e. The number of hydrogen-bond acceptors (Lipinski definition) is 3. The molecule has 0 aromatic heterocycles. The average Bonchev–Trinajstić information content (AvgIpc) is 2.89. The monoisotopic (exact) mass is 239 g/mol. The van der Waals surface area contributed by atoms with Crippen LogP contribution in [0.2, 0.25) is 5.02 Å². The van der Waals surface area contributed by atoms with Crippen LogP contribution in [0.3, 0.4) is 0 Å². The van der Waals surface area contributed by atoms with Crippen LogP contribution in [-0.2, 0) is 5.41 Å². The molecule has 0 radical (unpaired) electrons. The molecule has 0 amide bonds. The lowest BCUT2D eigenvalue weighted by atomic mass is 9.95. The number of likely N-dealkylation sites (N-methyl/N-ethyl adjacent to an activating group) is 1. The van der Waals surface area contributed by atoms with Crippen LogP contribution in [0.25, 0.3) is 0 Å². The minimum absolute atomic E-state index is 0.215. The van der Waals surface area contributed by atoms with Crippen LogP contribution in [0.1, 0.15) is 18.4 Å². The third-order valence-corrected chi connectivity index (χ3v) is 3.72. The lowest BCUT2D eigenvalue weighted by molar-refractivity contribution is 0.174. The lowest BCUT2D eigenvalue weighted by Crippen LogP contribution is -2.23. The van der Waals surface area contributed by atoms with E-state index in [9.17, 15) is 0 Å². The van der Waals surface area contributed by atoms with Gasteiger partial charge in [-0.2, -0.15) is 0 Å². The fourth-order valence-corrected chi connectivity index (χ4v) is 2.71. The molecule has 1 aromatic rings. The molecule has 16 heavy (non-hydrogen) atoms. The predicted octanol–water partition coefficient (Wildman–Crippen LogP) is 2.32. The number of benzene rings is 1. The molecule has 86 valence electrons. The van der Waals surface area contributed by atoms with Crippen LogP contribution >= 0.6 is 11.6 Å². The van der Waals surface area contributed by atoms with E-state index in [1.165, 1.54) is 18.4 Å². The average molecular weight is 240 g/mol. The fourth-order valence-electron chi connectivity index (χ4n) is 2.35. The van der Waals surface area contributed by atoms with Gasteiger partial charge in [0.25, 0.3) is 0 Å². The molecule has 4 heteroatoms. The van der Waals surface area contributed by atoms with E-state index in [4.69, 9.17) is 21.1 Å². The van der Waals surface area contributed by atoms with Crippen molar-refractivity contribution in [1.29, 1.82) is 0 Å². The molecular weight excluding hydrogens is 226 g/mol. The maximum atomic E-state index is 6.30. The zero-order chi connectivity index (χ0) is 11.2. The molecule has 1 N–H and O–H groups in total. The van der Waals surface area contributed by atoms with Gasteiger partial charge in [0.15, 0.2) is 11.5 Å². The van der Waals surface area contributed by atoms with Crippen LogP contribution in [0.5, 0.6) is 11.5 Å². The molecule has 0 atom stereocenters. The van der Waals surface area contributed by atoms with Gasteiger partial charge in [0, 0.05) is 23.0 Å². The number of ether oxygens (including phenoxy) is 2. The Hall–Kier alpha value is -0.930. The van der Waals surface area contributed by atoms with Crippen molar-refractivity contribution in [2.45, 2.75) is 18.3 Å². The van der Waals surface area contributed by atoms with E-state index < -0.39 is 0 Å². The van der Waals surface area contributed by atoms with Gasteiger partial charge in [-0.3, -0.25) is 0 Å². The molecular formula is C12H14ClNO2. The molecule has 1 aliphatic carbocycles. The first-order valence-electron chi connectivity index (χ1n) is 5.49. The molecule has 0 spiro atoms. The number of nitrogens with one attached hydrogen (secondary N) is 1. The minimum atomic E-state index is 0.215. The second-order valence-electron chi connectivity index (χ2n) is 4.50. The summed E-state index contributed by atoms with van der Waals surface area (Å²) in [6.45, 7) is 1.26. The van der Waals surface area contributed by atoms with Gasteiger partial charge in [0.05, 0.1) is 0 Å². The van der Waals surface area contributed by atoms with Gasteiger partial charge in [-0.05, 0) is 31.5 Å². The van der Waals surface area contributed by atoms with E-state index in [0.29, 0.717) is 6.79 Å². The molecule has 0 saturated heterocycles. The van der Waals surface area contributed by atoms with Gasteiger partial charge < -0.3 is 14.8 Å². The highest BCUT2D eigenvalue weighted by molar-refractivity contribution is 6.31. The van der Waals surface area contributed by atoms with E-state index in [2.05, 4.69) is 5.32 Å². The van der Waals surface area contributed by atoms with Crippen LogP contribution in [-0.4, -0.2) is 20.4 Å². The highest BCUT2D eigenvalue weighted by atomic mass is 35.5. The molecule has 1 fully saturated rings. The molecule has 2 aliphatic rings. The molecule has 3 nitrogen and oxygen atoms in total. The summed E-state index contributed by atoms with van der Waals surface area (Å²) in [6, 6.07) is 3.91. The topological polar surface area (TPSA) is 30.5 Å². The quantitative estimate of drug-likeness (QED) is 0.878. The summed E-state index contributed by atoms with van der Waals surface area (Å²) in [5, 5.41) is 4.02. The Morgan fingerprint density at radius 3 is 2.62 bits per heavy atom. The van der Waals surface area contributed by atoms with Gasteiger partial charge >= 0.3 is 0 Å². The standard InChI is InChI=1S/C12H14ClNO2/c1-14-6-12(2-3-12)8-4-10-11(5-9(8)13)16-7-15-10/h4-5,14H,2-3,6-7H2,1H3. The van der Waals surface area contributed by atoms with Crippen molar-refractivity contribution >= 4 is 11.6 Å². The summed E-state index contributed by atoms with van der Waals surface area (Å²) in [5.74, 6) is 1.58. The van der Waals surface area contributed by atoms with Crippen molar-refractivity contribution in [3.05, 3.63) is 22.7 Å². The lowest BCUT2D eigenvalue weighted by Gasteiger charge is -2.17. The van der Waals surface area contributed by atoms with Crippen molar-refractivity contribution < 1.29 is 9.47 Å². The Bertz CT molecular complexity index is 429. The van der Waals surface area contributed by atoms with Crippen LogP contribution in [0.15, 0.2) is 12.1 Å². The minimum Gasteiger partial charge on any atom is -0.454 e. The number of fused-ring (bicyclic) bond motifs is 1. The van der Waals surface area contributed by atoms with Crippen molar-refractivity contribution in [3.63, 3.8) is 0 Å². The van der Waals surface area contributed by atoms with E-state index >= 15 is 0 Å². The van der Waals surface area contributed by atoms with Gasteiger partial charge in [-0.15, -0.1) is 0 Å². The van der Waals surface area contributed by atoms with Gasteiger partial charge in [0.2, 0.25) is 6.79 Å². The number of halogens is 1. The Kier molecular flexibility index (Phi) is 2.26. The highest BCUT2D eigenvalue weighted by Gasteiger charge is 2.45. The normalized spacial score (nSPS) is 19.9. The maximum Gasteiger partial charge on any atom is 0.231 e. The van der Waals surface area contributed by atoms with Crippen molar-refractivity contribution in [1.82, 2.24) is 5.32 Å². The van der Waals surface area contributed by atoms with E-state index in [1.807, 2.05) is 19.2 Å². The number of hydrogen-bond donors (Lipinski definition) is 1. The molecule has 0 bridgehead atoms. The summed E-state index contributed by atoms with van der Waals surface area (Å²) in [5.41, 5.74) is 1.40. The van der Waals surface area contributed by atoms with Crippen LogP contribution in [0.4, 0.5) is 0 Å². The van der Waals surface area contributed by atoms with E-state index in [1.54, 1.807) is 0 Å². The highest BCUT2D eigenvalue weighted by Crippen LogP contribution is 2.52. The Morgan fingerprint density at radius 1 is 1.31 bits per heavy atom. The first-order chi connectivity index (χ1) is 7.75. The summed E-state index contributed by atoms with van der Waals surface area (Å²) in [4.78, 5) is 0.